The van der Waals surface area contributed by atoms with Gasteiger partial charge in [0.05, 0.1) is 25.0 Å². The number of hydrogen-bond acceptors (Lipinski definition) is 4. The van der Waals surface area contributed by atoms with Crippen LogP contribution < -0.4 is 15.4 Å². The van der Waals surface area contributed by atoms with Crippen LogP contribution in [-0.4, -0.2) is 35.2 Å². The molecule has 0 aliphatic carbocycles. The number of rotatable bonds is 8. The second-order valence-corrected chi connectivity index (χ2v) is 6.10. The monoisotopic (exact) mass is 378 g/mol. The Hall–Kier alpha value is -3.61. The van der Waals surface area contributed by atoms with Gasteiger partial charge in [0.1, 0.15) is 5.75 Å². The number of nitrogens with zero attached hydrogens (tertiary/aromatic N) is 2. The largest absolute Gasteiger partial charge is 0.497 e. The van der Waals surface area contributed by atoms with Crippen molar-refractivity contribution in [1.82, 2.24) is 20.4 Å². The summed E-state index contributed by atoms with van der Waals surface area (Å²) in [7, 11) is 1.62. The number of carbonyl (C=O) groups excluding carboxylic acids is 2. The molecule has 0 unspecified atom stereocenters. The average molecular weight is 378 g/mol. The van der Waals surface area contributed by atoms with Crippen LogP contribution in [0.1, 0.15) is 22.5 Å². The smallest absolute Gasteiger partial charge is 0.251 e. The van der Waals surface area contributed by atoms with Crippen LogP contribution in [0.3, 0.4) is 0 Å². The highest BCUT2D eigenvalue weighted by molar-refractivity contribution is 5.94. The summed E-state index contributed by atoms with van der Waals surface area (Å²) in [5, 5.41) is 9.99. The van der Waals surface area contributed by atoms with Gasteiger partial charge >= 0.3 is 0 Å². The van der Waals surface area contributed by atoms with Crippen molar-refractivity contribution in [3.63, 3.8) is 0 Å². The normalized spacial score (nSPS) is 10.3. The van der Waals surface area contributed by atoms with Crippen LogP contribution in [-0.2, 0) is 11.3 Å². The molecule has 28 heavy (non-hydrogen) atoms. The highest BCUT2D eigenvalue weighted by Gasteiger charge is 2.07. The molecule has 0 radical (unpaired) electrons. The minimum Gasteiger partial charge on any atom is -0.497 e. The maximum Gasteiger partial charge on any atom is 0.251 e. The lowest BCUT2D eigenvalue weighted by Crippen LogP contribution is -2.30. The van der Waals surface area contributed by atoms with Crippen LogP contribution >= 0.6 is 0 Å². The van der Waals surface area contributed by atoms with E-state index in [1.54, 1.807) is 36.1 Å². The van der Waals surface area contributed by atoms with Crippen molar-refractivity contribution < 1.29 is 14.3 Å². The quantitative estimate of drug-likeness (QED) is 0.630. The summed E-state index contributed by atoms with van der Waals surface area (Å²) in [6.07, 6.45) is 2.04. The summed E-state index contributed by atoms with van der Waals surface area (Å²) in [6, 6.07) is 18.3. The van der Waals surface area contributed by atoms with Crippen LogP contribution in [0.2, 0.25) is 0 Å². The van der Waals surface area contributed by atoms with Gasteiger partial charge in [-0.25, -0.2) is 4.68 Å². The summed E-state index contributed by atoms with van der Waals surface area (Å²) in [6.45, 7) is 0.606. The highest BCUT2D eigenvalue weighted by atomic mass is 16.5. The van der Waals surface area contributed by atoms with E-state index >= 15 is 0 Å². The Morgan fingerprint density at radius 1 is 1.00 bits per heavy atom. The Morgan fingerprint density at radius 3 is 2.46 bits per heavy atom. The van der Waals surface area contributed by atoms with Crippen LogP contribution in [0.4, 0.5) is 0 Å². The van der Waals surface area contributed by atoms with Crippen molar-refractivity contribution in [3.05, 3.63) is 78.1 Å². The standard InChI is InChI=1S/C21H22N4O3/c1-28-19-9-7-18(8-10-19)25-14-12-17(24-25)15-23-20(26)11-13-22-21(27)16-5-3-2-4-6-16/h2-10,12,14H,11,13,15H2,1H3,(H,22,27)(H,23,26). The minimum absolute atomic E-state index is 0.146. The molecule has 1 heterocycles. The first-order valence-electron chi connectivity index (χ1n) is 8.94. The van der Waals surface area contributed by atoms with Crippen LogP contribution in [0.25, 0.3) is 5.69 Å². The van der Waals surface area contributed by atoms with E-state index in [-0.39, 0.29) is 24.8 Å². The number of carbonyl (C=O) groups is 2. The van der Waals surface area contributed by atoms with Crippen molar-refractivity contribution in [2.75, 3.05) is 13.7 Å². The Kier molecular flexibility index (Phi) is 6.41. The summed E-state index contributed by atoms with van der Waals surface area (Å²) in [5.74, 6) is 0.446. The molecule has 0 saturated heterocycles. The van der Waals surface area contributed by atoms with Gasteiger partial charge in [-0.1, -0.05) is 18.2 Å². The maximum atomic E-state index is 12.0. The zero-order valence-electron chi connectivity index (χ0n) is 15.6. The summed E-state index contributed by atoms with van der Waals surface area (Å²) in [4.78, 5) is 23.9. The molecular formula is C21H22N4O3. The molecule has 2 amide bonds. The molecule has 0 spiro atoms. The molecule has 0 atom stereocenters. The van der Waals surface area contributed by atoms with Gasteiger partial charge in [-0.3, -0.25) is 9.59 Å². The van der Waals surface area contributed by atoms with Crippen molar-refractivity contribution >= 4 is 11.8 Å². The van der Waals surface area contributed by atoms with E-state index in [9.17, 15) is 9.59 Å². The molecule has 0 saturated carbocycles. The first kappa shape index (κ1) is 19.2. The molecule has 2 aromatic carbocycles. The summed E-state index contributed by atoms with van der Waals surface area (Å²) < 4.78 is 6.88. The van der Waals surface area contributed by atoms with E-state index in [2.05, 4.69) is 15.7 Å². The van der Waals surface area contributed by atoms with Gasteiger partial charge in [-0.15, -0.1) is 0 Å². The fourth-order valence-electron chi connectivity index (χ4n) is 2.59. The van der Waals surface area contributed by atoms with Crippen molar-refractivity contribution in [2.45, 2.75) is 13.0 Å². The molecule has 2 N–H and O–H groups in total. The molecule has 0 aliphatic rings. The second-order valence-electron chi connectivity index (χ2n) is 6.10. The molecule has 0 fully saturated rings. The van der Waals surface area contributed by atoms with Crippen molar-refractivity contribution in [3.8, 4) is 11.4 Å². The van der Waals surface area contributed by atoms with Gasteiger partial charge in [0.15, 0.2) is 0 Å². The number of methoxy groups -OCH3 is 1. The number of aromatic nitrogens is 2. The van der Waals surface area contributed by atoms with E-state index in [0.29, 0.717) is 12.1 Å². The van der Waals surface area contributed by atoms with Gasteiger partial charge in [-0.2, -0.15) is 5.10 Å². The molecule has 7 heteroatoms. The van der Waals surface area contributed by atoms with E-state index in [0.717, 1.165) is 17.1 Å². The van der Waals surface area contributed by atoms with Gasteiger partial charge in [-0.05, 0) is 42.5 Å². The van der Waals surface area contributed by atoms with E-state index in [1.807, 2.05) is 42.6 Å². The first-order chi connectivity index (χ1) is 13.7. The SMILES string of the molecule is COc1ccc(-n2ccc(CNC(=O)CCNC(=O)c3ccccc3)n2)cc1. The molecule has 0 aliphatic heterocycles. The molecular weight excluding hydrogens is 356 g/mol. The fraction of sp³-hybridized carbons (Fsp3) is 0.190. The molecule has 7 nitrogen and oxygen atoms in total. The van der Waals surface area contributed by atoms with Crippen molar-refractivity contribution in [1.29, 1.82) is 0 Å². The number of hydrogen-bond donors (Lipinski definition) is 2. The Bertz CT molecular complexity index is 920. The lowest BCUT2D eigenvalue weighted by molar-refractivity contribution is -0.121. The Morgan fingerprint density at radius 2 is 1.75 bits per heavy atom. The molecule has 1 aromatic heterocycles. The highest BCUT2D eigenvalue weighted by Crippen LogP contribution is 2.14. The topological polar surface area (TPSA) is 85.2 Å². The van der Waals surface area contributed by atoms with Gasteiger partial charge < -0.3 is 15.4 Å². The number of nitrogens with one attached hydrogen (secondary N) is 2. The van der Waals surface area contributed by atoms with E-state index < -0.39 is 0 Å². The minimum atomic E-state index is -0.188. The lowest BCUT2D eigenvalue weighted by atomic mass is 10.2. The van der Waals surface area contributed by atoms with Crippen LogP contribution in [0, 0.1) is 0 Å². The molecule has 3 aromatic rings. The van der Waals surface area contributed by atoms with E-state index in [1.165, 1.54) is 0 Å². The number of amides is 2. The predicted octanol–water partition coefficient (Wildman–Crippen LogP) is 2.32. The van der Waals surface area contributed by atoms with Crippen LogP contribution in [0.15, 0.2) is 66.9 Å². The molecule has 0 bridgehead atoms. The third-order valence-electron chi connectivity index (χ3n) is 4.12. The third kappa shape index (κ3) is 5.20. The fourth-order valence-corrected chi connectivity index (χ4v) is 2.59. The summed E-state index contributed by atoms with van der Waals surface area (Å²) in [5.41, 5.74) is 2.23. The maximum absolute atomic E-state index is 12.0. The van der Waals surface area contributed by atoms with E-state index in [4.69, 9.17) is 4.74 Å². The van der Waals surface area contributed by atoms with Crippen molar-refractivity contribution in [2.24, 2.45) is 0 Å². The summed E-state index contributed by atoms with van der Waals surface area (Å²) >= 11 is 0. The number of ether oxygens (including phenoxy) is 1. The van der Waals surface area contributed by atoms with Gasteiger partial charge in [0, 0.05) is 24.7 Å². The Balaban J connectivity index is 1.42. The zero-order chi connectivity index (χ0) is 19.8. The van der Waals surface area contributed by atoms with Crippen LogP contribution in [0.5, 0.6) is 5.75 Å². The molecule has 144 valence electrons. The average Bonchev–Trinajstić information content (AvgIpc) is 3.22. The third-order valence-corrected chi connectivity index (χ3v) is 4.12. The number of benzene rings is 2. The first-order valence-corrected chi connectivity index (χ1v) is 8.94. The van der Waals surface area contributed by atoms with Gasteiger partial charge in [0.2, 0.25) is 5.91 Å². The second kappa shape index (κ2) is 9.36. The molecule has 3 rings (SSSR count). The predicted molar refractivity (Wildman–Crippen MR) is 105 cm³/mol. The van der Waals surface area contributed by atoms with Gasteiger partial charge in [0.25, 0.3) is 5.91 Å². The lowest BCUT2D eigenvalue weighted by Gasteiger charge is -2.06. The Labute approximate surface area is 163 Å². The zero-order valence-corrected chi connectivity index (χ0v) is 15.6.